The van der Waals surface area contributed by atoms with Crippen LogP contribution in [0.4, 0.5) is 13.2 Å². The average Bonchev–Trinajstić information content (AvgIpc) is 2.66. The molecular formula is C21H17F3N2O2. The van der Waals surface area contributed by atoms with Gasteiger partial charge in [-0.2, -0.15) is 13.2 Å². The highest BCUT2D eigenvalue weighted by Crippen LogP contribution is 2.32. The van der Waals surface area contributed by atoms with Gasteiger partial charge in [0, 0.05) is 5.39 Å². The van der Waals surface area contributed by atoms with Crippen molar-refractivity contribution in [3.63, 3.8) is 0 Å². The smallest absolute Gasteiger partial charge is 0.418 e. The van der Waals surface area contributed by atoms with Gasteiger partial charge >= 0.3 is 12.1 Å². The van der Waals surface area contributed by atoms with Crippen molar-refractivity contribution < 1.29 is 22.7 Å². The van der Waals surface area contributed by atoms with Crippen molar-refractivity contribution in [3.8, 4) is 5.75 Å². The fourth-order valence-corrected chi connectivity index (χ4v) is 2.91. The van der Waals surface area contributed by atoms with Crippen LogP contribution in [0.15, 0.2) is 60.7 Å². The molecule has 0 amide bonds. The molecule has 0 radical (unpaired) electrons. The lowest BCUT2D eigenvalue weighted by Gasteiger charge is -2.14. The van der Waals surface area contributed by atoms with Crippen LogP contribution < -0.4 is 10.5 Å². The van der Waals surface area contributed by atoms with E-state index in [9.17, 15) is 18.0 Å². The van der Waals surface area contributed by atoms with Gasteiger partial charge < -0.3 is 10.5 Å². The van der Waals surface area contributed by atoms with Crippen LogP contribution in [-0.4, -0.2) is 18.0 Å². The summed E-state index contributed by atoms with van der Waals surface area (Å²) in [5.41, 5.74) is 7.54. The number of esters is 1. The van der Waals surface area contributed by atoms with Gasteiger partial charge in [-0.15, -0.1) is 0 Å². The Hall–Kier alpha value is -3.35. The molecule has 0 aliphatic carbocycles. The Morgan fingerprint density at radius 1 is 0.964 bits per heavy atom. The third-order valence-electron chi connectivity index (χ3n) is 4.30. The molecule has 0 aliphatic heterocycles. The highest BCUT2D eigenvalue weighted by molar-refractivity contribution is 6.05. The second-order valence-electron chi connectivity index (χ2n) is 6.28. The van der Waals surface area contributed by atoms with Crippen LogP contribution in [0.1, 0.15) is 16.7 Å². The third-order valence-corrected chi connectivity index (χ3v) is 4.30. The Labute approximate surface area is 159 Å². The van der Waals surface area contributed by atoms with Crippen LogP contribution in [-0.2, 0) is 17.6 Å². The minimum atomic E-state index is -5.15. The number of benzene rings is 3. The molecule has 0 atom stereocenters. The number of carbonyl (C=O) groups is 1. The molecule has 28 heavy (non-hydrogen) atoms. The molecule has 3 rings (SSSR count). The third kappa shape index (κ3) is 4.31. The predicted octanol–water partition coefficient (Wildman–Crippen LogP) is 4.38. The maximum absolute atomic E-state index is 12.6. The van der Waals surface area contributed by atoms with E-state index in [-0.39, 0.29) is 16.7 Å². The largest absolute Gasteiger partial charge is 0.491 e. The number of nitrogens with two attached hydrogens (primary N) is 1. The molecule has 3 aromatic carbocycles. The van der Waals surface area contributed by atoms with E-state index >= 15 is 0 Å². The van der Waals surface area contributed by atoms with Crippen LogP contribution in [0.5, 0.6) is 5.75 Å². The first-order chi connectivity index (χ1) is 13.3. The van der Waals surface area contributed by atoms with Crippen molar-refractivity contribution in [2.45, 2.75) is 19.0 Å². The molecule has 0 unspecified atom stereocenters. The van der Waals surface area contributed by atoms with Crippen molar-refractivity contribution >= 4 is 22.6 Å². The maximum Gasteiger partial charge on any atom is 0.491 e. The van der Waals surface area contributed by atoms with E-state index in [1.165, 1.54) is 11.6 Å². The normalized spacial score (nSPS) is 11.4. The van der Waals surface area contributed by atoms with Crippen molar-refractivity contribution in [1.82, 2.24) is 0 Å². The van der Waals surface area contributed by atoms with E-state index in [0.29, 0.717) is 5.39 Å². The summed E-state index contributed by atoms with van der Waals surface area (Å²) in [6, 6.07) is 18.1. The van der Waals surface area contributed by atoms with E-state index in [1.807, 2.05) is 36.4 Å². The number of nitrogens with one attached hydrogen (secondary N) is 1. The number of halogens is 3. The predicted molar refractivity (Wildman–Crippen MR) is 101 cm³/mol. The first kappa shape index (κ1) is 19.4. The van der Waals surface area contributed by atoms with E-state index < -0.39 is 18.0 Å². The summed E-state index contributed by atoms with van der Waals surface area (Å²) in [4.78, 5) is 11.3. The lowest BCUT2D eigenvalue weighted by Crippen LogP contribution is -2.29. The highest BCUT2D eigenvalue weighted by Gasteiger charge is 2.42. The lowest BCUT2D eigenvalue weighted by atomic mass is 9.99. The van der Waals surface area contributed by atoms with Gasteiger partial charge in [0.1, 0.15) is 11.6 Å². The number of aryl methyl sites for hydroxylation is 2. The van der Waals surface area contributed by atoms with Crippen LogP contribution in [0, 0.1) is 5.41 Å². The molecule has 0 spiro atoms. The number of hydrogen-bond acceptors (Lipinski definition) is 3. The van der Waals surface area contributed by atoms with E-state index in [2.05, 4.69) is 4.74 Å². The van der Waals surface area contributed by atoms with Gasteiger partial charge in [-0.3, -0.25) is 5.41 Å². The second-order valence-corrected chi connectivity index (χ2v) is 6.28. The van der Waals surface area contributed by atoms with Gasteiger partial charge in [-0.1, -0.05) is 54.6 Å². The van der Waals surface area contributed by atoms with Gasteiger partial charge in [0.2, 0.25) is 0 Å². The zero-order valence-electron chi connectivity index (χ0n) is 14.7. The van der Waals surface area contributed by atoms with Gasteiger partial charge in [-0.05, 0) is 35.4 Å². The Kier molecular flexibility index (Phi) is 5.35. The van der Waals surface area contributed by atoms with Gasteiger partial charge in [0.25, 0.3) is 0 Å². The fraction of sp³-hybridized carbons (Fsp3) is 0.143. The van der Waals surface area contributed by atoms with Crippen molar-refractivity contribution in [2.75, 3.05) is 0 Å². The summed E-state index contributed by atoms with van der Waals surface area (Å²) in [6.45, 7) is 0. The summed E-state index contributed by atoms with van der Waals surface area (Å²) in [6.07, 6.45) is -3.59. The number of fused-ring (bicyclic) bond motifs is 1. The molecule has 3 N–H and O–H groups in total. The summed E-state index contributed by atoms with van der Waals surface area (Å²) in [7, 11) is 0. The quantitative estimate of drug-likeness (QED) is 0.296. The molecule has 3 aromatic rings. The lowest BCUT2D eigenvalue weighted by molar-refractivity contribution is -0.189. The standard InChI is InChI=1S/C21H17F3N2O2/c22-21(23,24)20(27)28-18-16-10-8-14(7-6-13-4-2-1-3-5-13)12-15(16)9-11-17(18)19(25)26/h1-5,8-12H,6-7H2,(H3,25,26). The van der Waals surface area contributed by atoms with E-state index in [0.717, 1.165) is 18.4 Å². The number of nitrogen functional groups attached to an aromatic ring is 1. The molecule has 4 nitrogen and oxygen atoms in total. The minimum absolute atomic E-state index is 0.0675. The molecule has 0 bridgehead atoms. The zero-order chi connectivity index (χ0) is 20.3. The van der Waals surface area contributed by atoms with Crippen molar-refractivity contribution in [2.24, 2.45) is 5.73 Å². The number of hydrogen-bond donors (Lipinski definition) is 2. The Morgan fingerprint density at radius 3 is 2.29 bits per heavy atom. The number of carbonyl (C=O) groups excluding carboxylic acids is 1. The molecule has 0 fully saturated rings. The molecule has 144 valence electrons. The Bertz CT molecular complexity index is 1030. The number of ether oxygens (including phenoxy) is 1. The highest BCUT2D eigenvalue weighted by atomic mass is 19.4. The zero-order valence-corrected chi connectivity index (χ0v) is 14.7. The van der Waals surface area contributed by atoms with Gasteiger partial charge in [0.05, 0.1) is 5.56 Å². The SMILES string of the molecule is N=C(N)c1ccc2cc(CCc3ccccc3)ccc2c1OC(=O)C(F)(F)F. The molecule has 0 saturated heterocycles. The summed E-state index contributed by atoms with van der Waals surface area (Å²) >= 11 is 0. The maximum atomic E-state index is 12.6. The number of alkyl halides is 3. The average molecular weight is 386 g/mol. The van der Waals surface area contributed by atoms with Crippen LogP contribution >= 0.6 is 0 Å². The Balaban J connectivity index is 1.95. The van der Waals surface area contributed by atoms with Crippen molar-refractivity contribution in [3.05, 3.63) is 77.4 Å². The number of amidine groups is 1. The number of rotatable bonds is 5. The summed E-state index contributed by atoms with van der Waals surface area (Å²) in [5.74, 6) is -3.20. The summed E-state index contributed by atoms with van der Waals surface area (Å²) in [5, 5.41) is 8.44. The van der Waals surface area contributed by atoms with Crippen LogP contribution in [0.25, 0.3) is 10.8 Å². The minimum Gasteiger partial charge on any atom is -0.418 e. The van der Waals surface area contributed by atoms with Gasteiger partial charge in [0.15, 0.2) is 0 Å². The van der Waals surface area contributed by atoms with Crippen molar-refractivity contribution in [1.29, 1.82) is 5.41 Å². The molecule has 0 aliphatic rings. The molecular weight excluding hydrogens is 369 g/mol. The molecule has 0 saturated carbocycles. The molecule has 7 heteroatoms. The van der Waals surface area contributed by atoms with E-state index in [1.54, 1.807) is 18.2 Å². The van der Waals surface area contributed by atoms with E-state index in [4.69, 9.17) is 11.1 Å². The summed E-state index contributed by atoms with van der Waals surface area (Å²) < 4.78 is 42.5. The topological polar surface area (TPSA) is 76.2 Å². The molecule has 0 aromatic heterocycles. The Morgan fingerprint density at radius 2 is 1.64 bits per heavy atom. The second kappa shape index (κ2) is 7.72. The van der Waals surface area contributed by atoms with Gasteiger partial charge in [-0.25, -0.2) is 4.79 Å². The fourth-order valence-electron chi connectivity index (χ4n) is 2.91. The van der Waals surface area contributed by atoms with Crippen LogP contribution in [0.2, 0.25) is 0 Å². The first-order valence-corrected chi connectivity index (χ1v) is 8.48. The van der Waals surface area contributed by atoms with Crippen LogP contribution in [0.3, 0.4) is 0 Å². The monoisotopic (exact) mass is 386 g/mol. The molecule has 0 heterocycles. The first-order valence-electron chi connectivity index (χ1n) is 8.48.